The van der Waals surface area contributed by atoms with E-state index < -0.39 is 0 Å². The molecule has 1 amide bonds. The zero-order chi connectivity index (χ0) is 15.2. The fraction of sp³-hybridized carbons (Fsp3) is 0.294. The zero-order valence-corrected chi connectivity index (χ0v) is 13.0. The summed E-state index contributed by atoms with van der Waals surface area (Å²) in [4.78, 5) is 16.3. The van der Waals surface area contributed by atoms with E-state index in [9.17, 15) is 4.79 Å². The van der Waals surface area contributed by atoms with Crippen LogP contribution in [0, 0.1) is 5.92 Å². The van der Waals surface area contributed by atoms with Gasteiger partial charge in [0, 0.05) is 23.3 Å². The minimum absolute atomic E-state index is 0.0780. The van der Waals surface area contributed by atoms with Crippen molar-refractivity contribution in [1.29, 1.82) is 0 Å². The third kappa shape index (κ3) is 4.57. The van der Waals surface area contributed by atoms with Gasteiger partial charge in [0.25, 0.3) is 5.91 Å². The lowest BCUT2D eigenvalue weighted by Crippen LogP contribution is -2.25. The summed E-state index contributed by atoms with van der Waals surface area (Å²) in [6.07, 6.45) is 2.58. The first-order chi connectivity index (χ1) is 10.1. The number of aromatic nitrogens is 1. The molecule has 3 nitrogen and oxygen atoms in total. The number of carbonyl (C=O) groups excluding carboxylic acids is 1. The van der Waals surface area contributed by atoms with Crippen molar-refractivity contribution in [2.24, 2.45) is 5.92 Å². The third-order valence-electron chi connectivity index (χ3n) is 3.17. The van der Waals surface area contributed by atoms with Crippen molar-refractivity contribution >= 4 is 17.5 Å². The van der Waals surface area contributed by atoms with Crippen LogP contribution in [0.2, 0.25) is 5.02 Å². The van der Waals surface area contributed by atoms with Gasteiger partial charge in [0.05, 0.1) is 11.3 Å². The molecule has 110 valence electrons. The van der Waals surface area contributed by atoms with Crippen molar-refractivity contribution in [2.75, 3.05) is 6.54 Å². The Bertz CT molecular complexity index is 591. The largest absolute Gasteiger partial charge is 0.352 e. The molecule has 0 spiro atoms. The SMILES string of the molecule is CC(C)CCNC(=O)c1ccc(-c2ccc(Cl)cc2)nc1. The molecule has 0 radical (unpaired) electrons. The molecule has 0 aliphatic carbocycles. The van der Waals surface area contributed by atoms with Gasteiger partial charge < -0.3 is 5.32 Å². The van der Waals surface area contributed by atoms with E-state index >= 15 is 0 Å². The van der Waals surface area contributed by atoms with E-state index in [1.807, 2.05) is 30.3 Å². The van der Waals surface area contributed by atoms with Gasteiger partial charge in [-0.05, 0) is 36.6 Å². The lowest BCUT2D eigenvalue weighted by Gasteiger charge is -2.07. The highest BCUT2D eigenvalue weighted by atomic mass is 35.5. The second kappa shape index (κ2) is 7.23. The average molecular weight is 303 g/mol. The molecule has 4 heteroatoms. The molecule has 0 saturated heterocycles. The van der Waals surface area contributed by atoms with Crippen molar-refractivity contribution in [3.8, 4) is 11.3 Å². The molecule has 21 heavy (non-hydrogen) atoms. The van der Waals surface area contributed by atoms with Gasteiger partial charge in [-0.25, -0.2) is 0 Å². The number of nitrogens with zero attached hydrogens (tertiary/aromatic N) is 1. The van der Waals surface area contributed by atoms with E-state index in [2.05, 4.69) is 24.1 Å². The van der Waals surface area contributed by atoms with Crippen LogP contribution in [-0.4, -0.2) is 17.4 Å². The monoisotopic (exact) mass is 302 g/mol. The van der Waals surface area contributed by atoms with Gasteiger partial charge in [-0.2, -0.15) is 0 Å². The maximum absolute atomic E-state index is 12.0. The number of amides is 1. The lowest BCUT2D eigenvalue weighted by molar-refractivity contribution is 0.0951. The lowest BCUT2D eigenvalue weighted by atomic mass is 10.1. The number of nitrogens with one attached hydrogen (secondary N) is 1. The van der Waals surface area contributed by atoms with Crippen molar-refractivity contribution < 1.29 is 4.79 Å². The highest BCUT2D eigenvalue weighted by molar-refractivity contribution is 6.30. The van der Waals surface area contributed by atoms with Crippen LogP contribution in [0.1, 0.15) is 30.6 Å². The number of hydrogen-bond acceptors (Lipinski definition) is 2. The molecule has 1 N–H and O–H groups in total. The molecule has 0 bridgehead atoms. The van der Waals surface area contributed by atoms with Crippen molar-refractivity contribution in [3.05, 3.63) is 53.2 Å². The van der Waals surface area contributed by atoms with Gasteiger partial charge in [0.2, 0.25) is 0 Å². The fourth-order valence-corrected chi connectivity index (χ4v) is 2.02. The van der Waals surface area contributed by atoms with Gasteiger partial charge in [-0.15, -0.1) is 0 Å². The Morgan fingerprint density at radius 1 is 1.19 bits per heavy atom. The molecule has 1 heterocycles. The predicted molar refractivity (Wildman–Crippen MR) is 86.5 cm³/mol. The molecule has 0 aliphatic rings. The summed E-state index contributed by atoms with van der Waals surface area (Å²) in [5.41, 5.74) is 2.38. The van der Waals surface area contributed by atoms with E-state index in [0.29, 0.717) is 23.0 Å². The van der Waals surface area contributed by atoms with E-state index in [0.717, 1.165) is 17.7 Å². The summed E-state index contributed by atoms with van der Waals surface area (Å²) in [5.74, 6) is 0.501. The van der Waals surface area contributed by atoms with E-state index in [1.165, 1.54) is 0 Å². The summed E-state index contributed by atoms with van der Waals surface area (Å²) in [6.45, 7) is 4.96. The minimum Gasteiger partial charge on any atom is -0.352 e. The van der Waals surface area contributed by atoms with Crippen LogP contribution in [-0.2, 0) is 0 Å². The molecule has 1 aromatic heterocycles. The summed E-state index contributed by atoms with van der Waals surface area (Å²) >= 11 is 5.86. The minimum atomic E-state index is -0.0780. The number of pyridine rings is 1. The van der Waals surface area contributed by atoms with Gasteiger partial charge in [-0.3, -0.25) is 9.78 Å². The van der Waals surface area contributed by atoms with Gasteiger partial charge in [0.15, 0.2) is 0 Å². The Hall–Kier alpha value is -1.87. The molecular weight excluding hydrogens is 284 g/mol. The van der Waals surface area contributed by atoms with Crippen LogP contribution in [0.4, 0.5) is 0 Å². The van der Waals surface area contributed by atoms with Gasteiger partial charge in [0.1, 0.15) is 0 Å². The van der Waals surface area contributed by atoms with E-state index in [-0.39, 0.29) is 5.91 Å². The molecule has 0 fully saturated rings. The maximum Gasteiger partial charge on any atom is 0.252 e. The Morgan fingerprint density at radius 2 is 1.90 bits per heavy atom. The molecular formula is C17H19ClN2O. The second-order valence-corrected chi connectivity index (χ2v) is 5.81. The van der Waals surface area contributed by atoms with Crippen molar-refractivity contribution in [3.63, 3.8) is 0 Å². The van der Waals surface area contributed by atoms with E-state index in [1.54, 1.807) is 12.3 Å². The fourth-order valence-electron chi connectivity index (χ4n) is 1.90. The molecule has 2 aromatic rings. The Morgan fingerprint density at radius 3 is 2.48 bits per heavy atom. The van der Waals surface area contributed by atoms with Crippen molar-refractivity contribution in [1.82, 2.24) is 10.3 Å². The van der Waals surface area contributed by atoms with Crippen LogP contribution in [0.25, 0.3) is 11.3 Å². The molecule has 0 unspecified atom stereocenters. The van der Waals surface area contributed by atoms with Crippen LogP contribution in [0.5, 0.6) is 0 Å². The third-order valence-corrected chi connectivity index (χ3v) is 3.42. The molecule has 1 aromatic carbocycles. The van der Waals surface area contributed by atoms with Crippen LogP contribution < -0.4 is 5.32 Å². The Balaban J connectivity index is 2.01. The smallest absolute Gasteiger partial charge is 0.252 e. The summed E-state index contributed by atoms with van der Waals surface area (Å²) in [7, 11) is 0. The molecule has 0 saturated carbocycles. The number of benzene rings is 1. The highest BCUT2D eigenvalue weighted by Gasteiger charge is 2.07. The summed E-state index contributed by atoms with van der Waals surface area (Å²) in [6, 6.07) is 11.1. The second-order valence-electron chi connectivity index (χ2n) is 5.38. The van der Waals surface area contributed by atoms with Crippen LogP contribution in [0.3, 0.4) is 0 Å². The summed E-state index contributed by atoms with van der Waals surface area (Å²) in [5, 5.41) is 3.59. The first-order valence-electron chi connectivity index (χ1n) is 7.06. The first-order valence-corrected chi connectivity index (χ1v) is 7.44. The first kappa shape index (κ1) is 15.5. The predicted octanol–water partition coefficient (Wildman–Crippen LogP) is 4.18. The maximum atomic E-state index is 12.0. The Kier molecular flexibility index (Phi) is 5.34. The van der Waals surface area contributed by atoms with Gasteiger partial charge >= 0.3 is 0 Å². The van der Waals surface area contributed by atoms with Crippen LogP contribution in [0.15, 0.2) is 42.6 Å². The summed E-state index contributed by atoms with van der Waals surface area (Å²) < 4.78 is 0. The molecule has 0 atom stereocenters. The topological polar surface area (TPSA) is 42.0 Å². The van der Waals surface area contributed by atoms with Crippen molar-refractivity contribution in [2.45, 2.75) is 20.3 Å². The van der Waals surface area contributed by atoms with E-state index in [4.69, 9.17) is 11.6 Å². The zero-order valence-electron chi connectivity index (χ0n) is 12.3. The molecule has 0 aliphatic heterocycles. The standard InChI is InChI=1S/C17H19ClN2O/c1-12(2)9-10-19-17(21)14-5-8-16(20-11-14)13-3-6-15(18)7-4-13/h3-8,11-12H,9-10H2,1-2H3,(H,19,21). The molecule has 2 rings (SSSR count). The Labute approximate surface area is 130 Å². The normalized spacial score (nSPS) is 10.7. The van der Waals surface area contributed by atoms with Gasteiger partial charge in [-0.1, -0.05) is 37.6 Å². The quantitative estimate of drug-likeness (QED) is 0.900. The van der Waals surface area contributed by atoms with Crippen LogP contribution >= 0.6 is 11.6 Å². The number of halogens is 1. The average Bonchev–Trinajstić information content (AvgIpc) is 2.48. The number of carbonyl (C=O) groups is 1. The number of hydrogen-bond donors (Lipinski definition) is 1. The number of rotatable bonds is 5. The highest BCUT2D eigenvalue weighted by Crippen LogP contribution is 2.19.